The van der Waals surface area contributed by atoms with Crippen molar-refractivity contribution in [2.24, 2.45) is 0 Å². The lowest BCUT2D eigenvalue weighted by molar-refractivity contribution is -0.136. The van der Waals surface area contributed by atoms with Crippen LogP contribution in [-0.4, -0.2) is 45.3 Å². The lowest BCUT2D eigenvalue weighted by Gasteiger charge is -2.35. The second-order valence-corrected chi connectivity index (χ2v) is 6.21. The first-order valence-corrected chi connectivity index (χ1v) is 8.11. The van der Waals surface area contributed by atoms with Gasteiger partial charge in [0.1, 0.15) is 6.04 Å². The number of hydrogen-bond acceptors (Lipinski definition) is 3. The van der Waals surface area contributed by atoms with Gasteiger partial charge in [-0.25, -0.2) is 4.98 Å². The predicted octanol–water partition coefficient (Wildman–Crippen LogP) is 2.08. The molecule has 2 aromatic rings. The summed E-state index contributed by atoms with van der Waals surface area (Å²) in [5.74, 6) is -0.250. The average molecular weight is 314 g/mol. The zero-order valence-electron chi connectivity index (χ0n) is 13.5. The number of nitrogens with zero attached hydrogens (tertiary/aromatic N) is 2. The monoisotopic (exact) mass is 314 g/mol. The molecule has 0 bridgehead atoms. The van der Waals surface area contributed by atoms with E-state index in [0.717, 1.165) is 36.8 Å². The number of benzene rings is 1. The summed E-state index contributed by atoms with van der Waals surface area (Å²) >= 11 is 0. The smallest absolute Gasteiger partial charge is 0.251 e. The van der Waals surface area contributed by atoms with Crippen LogP contribution in [0.2, 0.25) is 0 Å². The predicted molar refractivity (Wildman–Crippen MR) is 88.0 cm³/mol. The summed E-state index contributed by atoms with van der Waals surface area (Å²) in [7, 11) is 0. The molecular weight excluding hydrogens is 292 g/mol. The quantitative estimate of drug-likeness (QED) is 0.910. The van der Waals surface area contributed by atoms with Gasteiger partial charge < -0.3 is 15.2 Å². The maximum Gasteiger partial charge on any atom is 0.251 e. The third kappa shape index (κ3) is 3.21. The van der Waals surface area contributed by atoms with Gasteiger partial charge >= 0.3 is 0 Å². The van der Waals surface area contributed by atoms with Gasteiger partial charge in [-0.05, 0) is 51.3 Å². The third-order valence-electron chi connectivity index (χ3n) is 4.49. The molecule has 0 spiro atoms. The van der Waals surface area contributed by atoms with E-state index in [1.807, 2.05) is 4.90 Å². The van der Waals surface area contributed by atoms with E-state index >= 15 is 0 Å². The van der Waals surface area contributed by atoms with Gasteiger partial charge in [-0.2, -0.15) is 0 Å². The number of likely N-dealkylation sites (tertiary alicyclic amines) is 1. The highest BCUT2D eigenvalue weighted by Gasteiger charge is 2.27. The molecule has 0 radical (unpaired) electrons. The fraction of sp³-hybridized carbons (Fsp3) is 0.471. The van der Waals surface area contributed by atoms with E-state index < -0.39 is 6.04 Å². The van der Waals surface area contributed by atoms with Crippen LogP contribution >= 0.6 is 0 Å². The van der Waals surface area contributed by atoms with Crippen molar-refractivity contribution in [2.45, 2.75) is 45.2 Å². The number of carbonyl (C=O) groups excluding carboxylic acids is 2. The van der Waals surface area contributed by atoms with Crippen molar-refractivity contribution in [3.8, 4) is 0 Å². The van der Waals surface area contributed by atoms with Crippen molar-refractivity contribution in [2.75, 3.05) is 6.54 Å². The van der Waals surface area contributed by atoms with Gasteiger partial charge in [0.25, 0.3) is 5.91 Å². The molecule has 2 amide bonds. The Morgan fingerprint density at radius 2 is 2.22 bits per heavy atom. The number of amides is 2. The molecule has 3 rings (SSSR count). The molecule has 2 N–H and O–H groups in total. The van der Waals surface area contributed by atoms with Gasteiger partial charge in [0.15, 0.2) is 0 Å². The first kappa shape index (κ1) is 15.5. The minimum Gasteiger partial charge on any atom is -0.345 e. The van der Waals surface area contributed by atoms with Crippen LogP contribution in [0.4, 0.5) is 0 Å². The number of nitrogens with one attached hydrogen (secondary N) is 2. The van der Waals surface area contributed by atoms with Crippen LogP contribution in [0.15, 0.2) is 24.5 Å². The zero-order chi connectivity index (χ0) is 16.4. The van der Waals surface area contributed by atoms with Crippen LogP contribution in [0.25, 0.3) is 11.0 Å². The third-order valence-corrected chi connectivity index (χ3v) is 4.49. The fourth-order valence-corrected chi connectivity index (χ4v) is 3.09. The molecule has 0 saturated carbocycles. The summed E-state index contributed by atoms with van der Waals surface area (Å²) in [5.41, 5.74) is 2.14. The van der Waals surface area contributed by atoms with Crippen LogP contribution in [-0.2, 0) is 4.79 Å². The molecule has 1 fully saturated rings. The first-order valence-electron chi connectivity index (χ1n) is 8.11. The maximum atomic E-state index is 12.5. The number of piperidine rings is 1. The number of imidazole rings is 1. The molecular formula is C17H22N4O2. The maximum absolute atomic E-state index is 12.5. The van der Waals surface area contributed by atoms with Crippen LogP contribution in [0.3, 0.4) is 0 Å². The Hall–Kier alpha value is -2.37. The molecule has 1 aliphatic rings. The van der Waals surface area contributed by atoms with Gasteiger partial charge in [-0.15, -0.1) is 0 Å². The Morgan fingerprint density at radius 1 is 1.39 bits per heavy atom. The van der Waals surface area contributed by atoms with Crippen LogP contribution in [0.5, 0.6) is 0 Å². The highest BCUT2D eigenvalue weighted by atomic mass is 16.2. The molecule has 2 atom stereocenters. The molecule has 0 unspecified atom stereocenters. The molecule has 2 heterocycles. The molecule has 1 aromatic carbocycles. The van der Waals surface area contributed by atoms with Crippen molar-refractivity contribution in [1.82, 2.24) is 20.2 Å². The van der Waals surface area contributed by atoms with Gasteiger partial charge in [-0.3, -0.25) is 9.59 Å². The summed E-state index contributed by atoms with van der Waals surface area (Å²) in [6, 6.07) is 4.98. The summed E-state index contributed by atoms with van der Waals surface area (Å²) in [6.45, 7) is 4.59. The lowest BCUT2D eigenvalue weighted by atomic mass is 10.0. The highest BCUT2D eigenvalue weighted by Crippen LogP contribution is 2.17. The number of aromatic nitrogens is 2. The number of fused-ring (bicyclic) bond motifs is 1. The summed E-state index contributed by atoms with van der Waals surface area (Å²) in [5, 5.41) is 2.81. The van der Waals surface area contributed by atoms with Crippen molar-refractivity contribution in [3.05, 3.63) is 30.1 Å². The molecule has 1 aliphatic heterocycles. The summed E-state index contributed by atoms with van der Waals surface area (Å²) < 4.78 is 0. The number of aromatic amines is 1. The van der Waals surface area contributed by atoms with E-state index in [1.165, 1.54) is 0 Å². The van der Waals surface area contributed by atoms with Gasteiger partial charge in [0, 0.05) is 18.2 Å². The highest BCUT2D eigenvalue weighted by molar-refractivity contribution is 5.99. The van der Waals surface area contributed by atoms with E-state index in [-0.39, 0.29) is 17.9 Å². The Bertz CT molecular complexity index is 724. The SMILES string of the molecule is C[C@@H](NC(=O)c1ccc2nc[nH]c2c1)C(=O)N1CCCC[C@@H]1C. The Morgan fingerprint density at radius 3 is 3.00 bits per heavy atom. The molecule has 122 valence electrons. The molecule has 6 nitrogen and oxygen atoms in total. The second-order valence-electron chi connectivity index (χ2n) is 6.21. The Balaban J connectivity index is 1.67. The first-order chi connectivity index (χ1) is 11.1. The molecule has 6 heteroatoms. The minimum absolute atomic E-state index is 0.00633. The van der Waals surface area contributed by atoms with E-state index in [1.54, 1.807) is 31.5 Å². The Labute approximate surface area is 135 Å². The van der Waals surface area contributed by atoms with E-state index in [0.29, 0.717) is 5.56 Å². The average Bonchev–Trinajstić information content (AvgIpc) is 3.02. The fourth-order valence-electron chi connectivity index (χ4n) is 3.09. The van der Waals surface area contributed by atoms with E-state index in [2.05, 4.69) is 22.2 Å². The number of carbonyl (C=O) groups is 2. The number of hydrogen-bond donors (Lipinski definition) is 2. The Kier molecular flexibility index (Phi) is 4.32. The largest absolute Gasteiger partial charge is 0.345 e. The minimum atomic E-state index is -0.527. The van der Waals surface area contributed by atoms with Gasteiger partial charge in [0.2, 0.25) is 5.91 Å². The van der Waals surface area contributed by atoms with Gasteiger partial charge in [-0.1, -0.05) is 0 Å². The van der Waals surface area contributed by atoms with E-state index in [9.17, 15) is 9.59 Å². The van der Waals surface area contributed by atoms with Crippen LogP contribution in [0.1, 0.15) is 43.5 Å². The normalized spacial score (nSPS) is 19.6. The van der Waals surface area contributed by atoms with Crippen molar-refractivity contribution >= 4 is 22.8 Å². The summed E-state index contributed by atoms with van der Waals surface area (Å²) in [6.07, 6.45) is 4.82. The zero-order valence-corrected chi connectivity index (χ0v) is 13.5. The molecule has 23 heavy (non-hydrogen) atoms. The number of H-pyrrole nitrogens is 1. The van der Waals surface area contributed by atoms with Crippen LogP contribution in [0, 0.1) is 0 Å². The molecule has 0 aliphatic carbocycles. The standard InChI is InChI=1S/C17H22N4O2/c1-11-5-3-4-8-21(11)17(23)12(2)20-16(22)13-6-7-14-15(9-13)19-10-18-14/h6-7,9-12H,3-5,8H2,1-2H3,(H,18,19)(H,20,22)/t11-,12+/m0/s1. The topological polar surface area (TPSA) is 78.1 Å². The summed E-state index contributed by atoms with van der Waals surface area (Å²) in [4.78, 5) is 33.9. The van der Waals surface area contributed by atoms with E-state index in [4.69, 9.17) is 0 Å². The van der Waals surface area contributed by atoms with Crippen molar-refractivity contribution in [1.29, 1.82) is 0 Å². The molecule has 1 saturated heterocycles. The van der Waals surface area contributed by atoms with Crippen molar-refractivity contribution < 1.29 is 9.59 Å². The van der Waals surface area contributed by atoms with Crippen molar-refractivity contribution in [3.63, 3.8) is 0 Å². The molecule has 1 aromatic heterocycles. The second kappa shape index (κ2) is 6.40. The van der Waals surface area contributed by atoms with Crippen LogP contribution < -0.4 is 5.32 Å². The number of rotatable bonds is 3. The lowest BCUT2D eigenvalue weighted by Crippen LogP contribution is -2.51. The van der Waals surface area contributed by atoms with Gasteiger partial charge in [0.05, 0.1) is 17.4 Å².